The maximum Gasteiger partial charge on any atom is 0.339 e. The summed E-state index contributed by atoms with van der Waals surface area (Å²) in [5.74, 6) is 0.127. The first-order valence-corrected chi connectivity index (χ1v) is 8.69. The van der Waals surface area contributed by atoms with Crippen molar-refractivity contribution in [2.45, 2.75) is 58.0 Å². The average molecular weight is 316 g/mol. The van der Waals surface area contributed by atoms with Gasteiger partial charge in [-0.2, -0.15) is 0 Å². The monoisotopic (exact) mass is 316 g/mol. The zero-order valence-electron chi connectivity index (χ0n) is 13.9. The van der Waals surface area contributed by atoms with Crippen LogP contribution in [-0.2, 0) is 9.53 Å². The number of hydrogen-bond donors (Lipinski definition) is 0. The van der Waals surface area contributed by atoms with Gasteiger partial charge in [0.1, 0.15) is 0 Å². The molecular weight excluding hydrogens is 292 g/mol. The summed E-state index contributed by atoms with van der Waals surface area (Å²) in [6, 6.07) is 2.96. The van der Waals surface area contributed by atoms with E-state index < -0.39 is 0 Å². The molecular formula is C18H24N2O3. The highest BCUT2D eigenvalue weighted by Crippen LogP contribution is 2.38. The first kappa shape index (κ1) is 14.8. The number of hydrogen-bond acceptors (Lipinski definition) is 3. The predicted molar refractivity (Wildman–Crippen MR) is 85.3 cm³/mol. The normalized spacial score (nSPS) is 24.3. The summed E-state index contributed by atoms with van der Waals surface area (Å²) in [6.07, 6.45) is 5.18. The maximum absolute atomic E-state index is 12.4. The topological polar surface area (TPSA) is 51.5 Å². The summed E-state index contributed by atoms with van der Waals surface area (Å²) < 4.78 is 7.78. The van der Waals surface area contributed by atoms with E-state index in [0.717, 1.165) is 30.8 Å². The van der Waals surface area contributed by atoms with E-state index in [1.807, 2.05) is 24.8 Å². The van der Waals surface area contributed by atoms with Crippen LogP contribution in [-0.4, -0.2) is 40.5 Å². The molecule has 1 aromatic heterocycles. The Balaban J connectivity index is 1.37. The molecule has 2 heterocycles. The van der Waals surface area contributed by atoms with E-state index in [2.05, 4.69) is 4.57 Å². The number of aryl methyl sites for hydroxylation is 1. The molecule has 0 bridgehead atoms. The van der Waals surface area contributed by atoms with Gasteiger partial charge < -0.3 is 14.2 Å². The van der Waals surface area contributed by atoms with E-state index in [-0.39, 0.29) is 17.8 Å². The summed E-state index contributed by atoms with van der Waals surface area (Å²) in [5.41, 5.74) is 2.82. The van der Waals surface area contributed by atoms with Crippen molar-refractivity contribution in [1.82, 2.24) is 9.47 Å². The van der Waals surface area contributed by atoms with Gasteiger partial charge in [0.25, 0.3) is 0 Å². The molecule has 1 aliphatic heterocycles. The number of carbonyl (C=O) groups is 2. The Kier molecular flexibility index (Phi) is 3.47. The van der Waals surface area contributed by atoms with Gasteiger partial charge in [-0.15, -0.1) is 0 Å². The molecule has 23 heavy (non-hydrogen) atoms. The van der Waals surface area contributed by atoms with Crippen LogP contribution in [0.25, 0.3) is 0 Å². The number of rotatable bonds is 5. The zero-order valence-corrected chi connectivity index (χ0v) is 13.9. The van der Waals surface area contributed by atoms with Crippen molar-refractivity contribution in [3.63, 3.8) is 0 Å². The lowest BCUT2D eigenvalue weighted by molar-refractivity contribution is -0.128. The van der Waals surface area contributed by atoms with Crippen molar-refractivity contribution in [1.29, 1.82) is 0 Å². The maximum atomic E-state index is 12.4. The molecule has 1 aromatic rings. The fourth-order valence-electron chi connectivity index (χ4n) is 3.81. The van der Waals surface area contributed by atoms with Crippen LogP contribution in [0.2, 0.25) is 0 Å². The van der Waals surface area contributed by atoms with Gasteiger partial charge in [0.05, 0.1) is 12.2 Å². The molecule has 2 saturated carbocycles. The van der Waals surface area contributed by atoms with E-state index in [0.29, 0.717) is 30.7 Å². The largest absolute Gasteiger partial charge is 0.462 e. The van der Waals surface area contributed by atoms with Crippen molar-refractivity contribution in [2.75, 3.05) is 13.2 Å². The van der Waals surface area contributed by atoms with Gasteiger partial charge in [0.15, 0.2) is 0 Å². The van der Waals surface area contributed by atoms with Crippen LogP contribution in [0.4, 0.5) is 0 Å². The predicted octanol–water partition coefficient (Wildman–Crippen LogP) is 2.61. The minimum Gasteiger partial charge on any atom is -0.462 e. The third-order valence-electron chi connectivity index (χ3n) is 5.29. The molecule has 1 atom stereocenters. The van der Waals surface area contributed by atoms with E-state index in [9.17, 15) is 9.59 Å². The Morgan fingerprint density at radius 1 is 1.22 bits per heavy atom. The Bertz CT molecular complexity index is 655. The second-order valence-corrected chi connectivity index (χ2v) is 7.33. The van der Waals surface area contributed by atoms with Crippen LogP contribution in [0.5, 0.6) is 0 Å². The highest BCUT2D eigenvalue weighted by molar-refractivity contribution is 5.91. The van der Waals surface area contributed by atoms with Crippen molar-refractivity contribution in [2.24, 2.45) is 5.92 Å². The Labute approximate surface area is 136 Å². The lowest BCUT2D eigenvalue weighted by atomic mass is 10.1. The summed E-state index contributed by atoms with van der Waals surface area (Å²) in [7, 11) is 0. The summed E-state index contributed by atoms with van der Waals surface area (Å²) in [4.78, 5) is 26.3. The fraction of sp³-hybridized carbons (Fsp3) is 0.667. The summed E-state index contributed by atoms with van der Waals surface area (Å²) in [6.45, 7) is 5.14. The summed E-state index contributed by atoms with van der Waals surface area (Å²) in [5, 5.41) is 0. The van der Waals surface area contributed by atoms with Crippen molar-refractivity contribution in [3.05, 3.63) is 23.0 Å². The lowest BCUT2D eigenvalue weighted by Gasteiger charge is -2.15. The lowest BCUT2D eigenvalue weighted by Crippen LogP contribution is -2.28. The van der Waals surface area contributed by atoms with E-state index in [1.165, 1.54) is 12.8 Å². The quantitative estimate of drug-likeness (QED) is 0.785. The van der Waals surface area contributed by atoms with Gasteiger partial charge in [-0.3, -0.25) is 4.79 Å². The molecule has 3 aliphatic rings. The number of nitrogens with zero attached hydrogens (tertiary/aromatic N) is 2. The number of ether oxygens (including phenoxy) is 1. The van der Waals surface area contributed by atoms with Gasteiger partial charge in [0.2, 0.25) is 5.91 Å². The molecule has 0 radical (unpaired) electrons. The van der Waals surface area contributed by atoms with Crippen LogP contribution in [0.15, 0.2) is 6.07 Å². The minimum atomic E-state index is -0.248. The molecule has 5 heteroatoms. The highest BCUT2D eigenvalue weighted by atomic mass is 16.5. The van der Waals surface area contributed by atoms with Crippen LogP contribution < -0.4 is 0 Å². The number of carbonyl (C=O) groups excluding carboxylic acids is 2. The standard InChI is InChI=1S/C18H24N2O3/c1-11-7-16(12(2)20(11)15-5-6-15)18(22)23-10-13-8-17(21)19(9-13)14-3-4-14/h7,13-15H,3-6,8-10H2,1-2H3/t13-/m0/s1. The van der Waals surface area contributed by atoms with E-state index in [4.69, 9.17) is 4.74 Å². The number of esters is 1. The first-order chi connectivity index (χ1) is 11.0. The third-order valence-corrected chi connectivity index (χ3v) is 5.29. The fourth-order valence-corrected chi connectivity index (χ4v) is 3.81. The zero-order chi connectivity index (χ0) is 16.1. The number of amides is 1. The smallest absolute Gasteiger partial charge is 0.339 e. The molecule has 0 aromatic carbocycles. The Morgan fingerprint density at radius 3 is 2.57 bits per heavy atom. The van der Waals surface area contributed by atoms with E-state index >= 15 is 0 Å². The Hall–Kier alpha value is -1.78. The molecule has 124 valence electrons. The SMILES string of the molecule is Cc1cc(C(=O)OC[C@H]2CC(=O)N(C3CC3)C2)c(C)n1C1CC1. The minimum absolute atomic E-state index is 0.152. The highest BCUT2D eigenvalue weighted by Gasteiger charge is 2.39. The molecule has 3 fully saturated rings. The first-order valence-electron chi connectivity index (χ1n) is 8.69. The second-order valence-electron chi connectivity index (χ2n) is 7.33. The summed E-state index contributed by atoms with van der Waals surface area (Å²) >= 11 is 0. The van der Waals surface area contributed by atoms with Crippen LogP contribution in [0, 0.1) is 19.8 Å². The number of aromatic nitrogens is 1. The van der Waals surface area contributed by atoms with Crippen molar-refractivity contribution >= 4 is 11.9 Å². The van der Waals surface area contributed by atoms with Crippen LogP contribution in [0.1, 0.15) is 59.9 Å². The van der Waals surface area contributed by atoms with Gasteiger partial charge in [-0.25, -0.2) is 4.79 Å². The van der Waals surface area contributed by atoms with Gasteiger partial charge in [-0.05, 0) is 45.6 Å². The van der Waals surface area contributed by atoms with Crippen LogP contribution >= 0.6 is 0 Å². The van der Waals surface area contributed by atoms with Gasteiger partial charge >= 0.3 is 5.97 Å². The molecule has 0 spiro atoms. The van der Waals surface area contributed by atoms with Crippen molar-refractivity contribution < 1.29 is 14.3 Å². The molecule has 1 amide bonds. The molecule has 2 aliphatic carbocycles. The van der Waals surface area contributed by atoms with Gasteiger partial charge in [0, 0.05) is 42.4 Å². The van der Waals surface area contributed by atoms with E-state index in [1.54, 1.807) is 0 Å². The average Bonchev–Trinajstić information content (AvgIpc) is 3.42. The van der Waals surface area contributed by atoms with Crippen LogP contribution in [0.3, 0.4) is 0 Å². The molecule has 5 nitrogen and oxygen atoms in total. The number of likely N-dealkylation sites (tertiary alicyclic amines) is 1. The molecule has 0 unspecified atom stereocenters. The Morgan fingerprint density at radius 2 is 1.91 bits per heavy atom. The second kappa shape index (κ2) is 5.39. The van der Waals surface area contributed by atoms with Crippen molar-refractivity contribution in [3.8, 4) is 0 Å². The molecule has 4 rings (SSSR count). The molecule has 0 N–H and O–H groups in total. The third kappa shape index (κ3) is 2.77. The van der Waals surface area contributed by atoms with Gasteiger partial charge in [-0.1, -0.05) is 0 Å². The molecule has 1 saturated heterocycles.